The number of halogens is 1. The number of nitrogens with zero attached hydrogens (tertiary/aromatic N) is 2. The van der Waals surface area contributed by atoms with Crippen molar-refractivity contribution in [2.24, 2.45) is 5.92 Å². The minimum atomic E-state index is -0.891. The lowest BCUT2D eigenvalue weighted by Crippen LogP contribution is -2.37. The number of rotatable bonds is 5. The molecule has 0 aliphatic carbocycles. The number of hydrogen-bond acceptors (Lipinski definition) is 5. The van der Waals surface area contributed by atoms with Crippen LogP contribution in [0.25, 0.3) is 0 Å². The fraction of sp³-hybridized carbons (Fsp3) is 0.200. The van der Waals surface area contributed by atoms with Gasteiger partial charge in [0.25, 0.3) is 5.91 Å². The number of amides is 2. The Kier molecular flexibility index (Phi) is 5.45. The highest BCUT2D eigenvalue weighted by atomic mass is 79.9. The molecule has 2 fully saturated rings. The van der Waals surface area contributed by atoms with Crippen LogP contribution < -0.4 is 14.7 Å². The maximum absolute atomic E-state index is 13.6. The van der Waals surface area contributed by atoms with Crippen molar-refractivity contribution in [1.29, 1.82) is 0 Å². The van der Waals surface area contributed by atoms with E-state index >= 15 is 0 Å². The highest BCUT2D eigenvalue weighted by molar-refractivity contribution is 9.10. The molecular weight excluding hydrogens is 472 g/mol. The summed E-state index contributed by atoms with van der Waals surface area (Å²) in [5.41, 5.74) is 2.20. The quantitative estimate of drug-likeness (QED) is 0.474. The first-order valence-electron chi connectivity index (χ1n) is 10.5. The molecule has 162 valence electrons. The van der Waals surface area contributed by atoms with E-state index in [2.05, 4.69) is 15.9 Å². The molecule has 6 nitrogen and oxygen atoms in total. The predicted molar refractivity (Wildman–Crippen MR) is 124 cm³/mol. The molecule has 2 aliphatic heterocycles. The third-order valence-electron chi connectivity index (χ3n) is 5.72. The summed E-state index contributed by atoms with van der Waals surface area (Å²) >= 11 is 3.52. The molecule has 0 N–H and O–H groups in total. The van der Waals surface area contributed by atoms with Crippen LogP contribution in [0, 0.1) is 5.92 Å². The van der Waals surface area contributed by atoms with Crippen LogP contribution in [-0.4, -0.2) is 24.5 Å². The van der Waals surface area contributed by atoms with E-state index < -0.39 is 18.1 Å². The van der Waals surface area contributed by atoms with E-state index in [1.807, 2.05) is 61.5 Å². The number of anilines is 2. The SMILES string of the molecule is CCOc1ccc(N2C(=O)[C@@H]3[C@H](ON(c4ccccc4)[C@@H]3c3cccc(Br)c3)C2=O)cc1. The minimum Gasteiger partial charge on any atom is -0.494 e. The van der Waals surface area contributed by atoms with Crippen molar-refractivity contribution in [2.75, 3.05) is 16.6 Å². The summed E-state index contributed by atoms with van der Waals surface area (Å²) in [7, 11) is 0. The molecule has 2 amide bonds. The van der Waals surface area contributed by atoms with Crippen molar-refractivity contribution in [3.05, 3.63) is 88.9 Å². The van der Waals surface area contributed by atoms with Gasteiger partial charge in [-0.1, -0.05) is 46.3 Å². The van der Waals surface area contributed by atoms with Gasteiger partial charge in [0.2, 0.25) is 5.91 Å². The molecule has 3 atom stereocenters. The summed E-state index contributed by atoms with van der Waals surface area (Å²) in [6.45, 7) is 2.45. The second kappa shape index (κ2) is 8.41. The average Bonchev–Trinajstić information content (AvgIpc) is 3.31. The van der Waals surface area contributed by atoms with Gasteiger partial charge in [-0.25, -0.2) is 9.96 Å². The van der Waals surface area contributed by atoms with Gasteiger partial charge in [0.05, 0.1) is 24.0 Å². The summed E-state index contributed by atoms with van der Waals surface area (Å²) in [6, 6.07) is 23.8. The molecule has 2 aliphatic rings. The fourth-order valence-corrected chi connectivity index (χ4v) is 4.77. The van der Waals surface area contributed by atoms with Crippen molar-refractivity contribution in [3.63, 3.8) is 0 Å². The van der Waals surface area contributed by atoms with E-state index in [-0.39, 0.29) is 11.8 Å². The Morgan fingerprint density at radius 2 is 1.66 bits per heavy atom. The van der Waals surface area contributed by atoms with E-state index in [1.165, 1.54) is 4.90 Å². The number of imide groups is 1. The number of ether oxygens (including phenoxy) is 1. The van der Waals surface area contributed by atoms with Gasteiger partial charge in [0.1, 0.15) is 11.7 Å². The standard InChI is InChI=1S/C25H21BrN2O4/c1-2-31-20-13-11-18(12-14-20)27-24(29)21-22(16-7-6-8-17(26)15-16)28(32-23(21)25(27)30)19-9-4-3-5-10-19/h3-15,21-23H,2H2,1H3/t21-,22+,23-/m0/s1. The molecule has 0 aromatic heterocycles. The van der Waals surface area contributed by atoms with Crippen LogP contribution >= 0.6 is 15.9 Å². The number of para-hydroxylation sites is 1. The molecule has 0 unspecified atom stereocenters. The van der Waals surface area contributed by atoms with Gasteiger partial charge in [-0.3, -0.25) is 14.4 Å². The fourth-order valence-electron chi connectivity index (χ4n) is 4.36. The van der Waals surface area contributed by atoms with Crippen LogP contribution in [0.2, 0.25) is 0 Å². The van der Waals surface area contributed by atoms with Gasteiger partial charge in [0, 0.05) is 4.47 Å². The van der Waals surface area contributed by atoms with Gasteiger partial charge < -0.3 is 4.74 Å². The molecule has 7 heteroatoms. The van der Waals surface area contributed by atoms with Crippen molar-refractivity contribution < 1.29 is 19.2 Å². The Morgan fingerprint density at radius 3 is 2.34 bits per heavy atom. The molecule has 3 aromatic carbocycles. The molecule has 0 saturated carbocycles. The molecule has 2 heterocycles. The Bertz CT molecular complexity index is 1150. The van der Waals surface area contributed by atoms with Crippen molar-refractivity contribution >= 4 is 39.1 Å². The third kappa shape index (κ3) is 3.47. The van der Waals surface area contributed by atoms with E-state index in [9.17, 15) is 9.59 Å². The van der Waals surface area contributed by atoms with Crippen LogP contribution in [0.5, 0.6) is 5.75 Å². The number of hydrogen-bond donors (Lipinski definition) is 0. The number of carbonyl (C=O) groups is 2. The zero-order valence-corrected chi connectivity index (χ0v) is 18.9. The maximum atomic E-state index is 13.6. The second-order valence-corrected chi connectivity index (χ2v) is 8.57. The molecule has 3 aromatic rings. The zero-order chi connectivity index (χ0) is 22.2. The highest BCUT2D eigenvalue weighted by Gasteiger charge is 2.60. The lowest BCUT2D eigenvalue weighted by molar-refractivity contribution is -0.126. The summed E-state index contributed by atoms with van der Waals surface area (Å²) < 4.78 is 6.37. The lowest BCUT2D eigenvalue weighted by Gasteiger charge is -2.28. The number of carbonyl (C=O) groups excluding carboxylic acids is 2. The molecule has 0 bridgehead atoms. The topological polar surface area (TPSA) is 59.1 Å². The Balaban J connectivity index is 1.54. The van der Waals surface area contributed by atoms with Gasteiger partial charge in [-0.2, -0.15) is 0 Å². The molecule has 32 heavy (non-hydrogen) atoms. The molecular formula is C25H21BrN2O4. The van der Waals surface area contributed by atoms with E-state index in [1.54, 1.807) is 29.3 Å². The first-order chi connectivity index (χ1) is 15.6. The predicted octanol–water partition coefficient (Wildman–Crippen LogP) is 4.90. The lowest BCUT2D eigenvalue weighted by atomic mass is 9.90. The summed E-state index contributed by atoms with van der Waals surface area (Å²) in [4.78, 5) is 34.3. The minimum absolute atomic E-state index is 0.271. The number of benzene rings is 3. The van der Waals surface area contributed by atoms with Crippen LogP contribution in [0.1, 0.15) is 18.5 Å². The van der Waals surface area contributed by atoms with Crippen LogP contribution in [0.4, 0.5) is 11.4 Å². The molecule has 5 rings (SSSR count). The number of hydroxylamine groups is 1. The van der Waals surface area contributed by atoms with Gasteiger partial charge >= 0.3 is 0 Å². The zero-order valence-electron chi connectivity index (χ0n) is 17.4. The largest absolute Gasteiger partial charge is 0.494 e. The van der Waals surface area contributed by atoms with Gasteiger partial charge in [-0.05, 0) is 61.0 Å². The summed E-state index contributed by atoms with van der Waals surface area (Å²) in [5, 5.41) is 1.70. The second-order valence-electron chi connectivity index (χ2n) is 7.65. The Hall–Kier alpha value is -3.16. The molecule has 0 spiro atoms. The number of fused-ring (bicyclic) bond motifs is 1. The van der Waals surface area contributed by atoms with Crippen molar-refractivity contribution in [3.8, 4) is 5.75 Å². The van der Waals surface area contributed by atoms with Gasteiger partial charge in [-0.15, -0.1) is 0 Å². The van der Waals surface area contributed by atoms with Crippen LogP contribution in [0.15, 0.2) is 83.3 Å². The van der Waals surface area contributed by atoms with E-state index in [0.717, 1.165) is 15.7 Å². The van der Waals surface area contributed by atoms with Crippen LogP contribution in [0.3, 0.4) is 0 Å². The summed E-state index contributed by atoms with van der Waals surface area (Å²) in [6.07, 6.45) is -0.891. The average molecular weight is 493 g/mol. The monoisotopic (exact) mass is 492 g/mol. The first-order valence-corrected chi connectivity index (χ1v) is 11.2. The van der Waals surface area contributed by atoms with E-state index in [0.29, 0.717) is 18.0 Å². The van der Waals surface area contributed by atoms with E-state index in [4.69, 9.17) is 9.57 Å². The van der Waals surface area contributed by atoms with Crippen molar-refractivity contribution in [2.45, 2.75) is 19.1 Å². The highest BCUT2D eigenvalue weighted by Crippen LogP contribution is 2.47. The van der Waals surface area contributed by atoms with Crippen LogP contribution in [-0.2, 0) is 14.4 Å². The first kappa shape index (κ1) is 20.7. The van der Waals surface area contributed by atoms with Gasteiger partial charge in [0.15, 0.2) is 6.10 Å². The third-order valence-corrected chi connectivity index (χ3v) is 6.22. The Labute approximate surface area is 194 Å². The maximum Gasteiger partial charge on any atom is 0.266 e. The molecule has 0 radical (unpaired) electrons. The smallest absolute Gasteiger partial charge is 0.266 e. The normalized spacial score (nSPS) is 22.4. The van der Waals surface area contributed by atoms with Crippen molar-refractivity contribution in [1.82, 2.24) is 0 Å². The Morgan fingerprint density at radius 1 is 0.906 bits per heavy atom. The summed E-state index contributed by atoms with van der Waals surface area (Å²) in [5.74, 6) is -0.604. The molecule has 2 saturated heterocycles.